The molecule has 2 rings (SSSR count). The molecule has 3 heteroatoms. The van der Waals surface area contributed by atoms with Crippen LogP contribution >= 0.6 is 11.6 Å². The minimum Gasteiger partial charge on any atom is -0.265 e. The van der Waals surface area contributed by atoms with Crippen LogP contribution in [-0.2, 0) is 4.84 Å². The van der Waals surface area contributed by atoms with Gasteiger partial charge in [0.2, 0.25) is 0 Å². The van der Waals surface area contributed by atoms with Crippen molar-refractivity contribution >= 4 is 17.3 Å². The number of hydroxylamine groups is 1. The first-order valence-electron chi connectivity index (χ1n) is 3.70. The highest BCUT2D eigenvalue weighted by molar-refractivity contribution is 6.30. The maximum atomic E-state index is 5.74. The van der Waals surface area contributed by atoms with Crippen LogP contribution in [0.3, 0.4) is 0 Å². The third-order valence-electron chi connectivity index (χ3n) is 1.63. The summed E-state index contributed by atoms with van der Waals surface area (Å²) < 4.78 is 0. The molecule has 1 heterocycles. The molecule has 0 aromatic heterocycles. The molecule has 1 aromatic rings. The molecule has 0 saturated carbocycles. The van der Waals surface area contributed by atoms with Gasteiger partial charge in [-0.25, -0.2) is 5.06 Å². The molecular formula is C9H8ClNO. The molecule has 0 bridgehead atoms. The van der Waals surface area contributed by atoms with Crippen LogP contribution in [0.25, 0.3) is 0 Å². The molecule has 0 amide bonds. The largest absolute Gasteiger partial charge is 0.265 e. The number of nitrogens with zero attached hydrogens (tertiary/aromatic N) is 1. The summed E-state index contributed by atoms with van der Waals surface area (Å²) in [5.74, 6) is 0. The molecule has 0 aliphatic carbocycles. The quantitative estimate of drug-likeness (QED) is 0.661. The van der Waals surface area contributed by atoms with Crippen molar-refractivity contribution in [1.82, 2.24) is 0 Å². The van der Waals surface area contributed by atoms with E-state index in [4.69, 9.17) is 16.4 Å². The fraction of sp³-hybridized carbons (Fsp3) is 0.111. The van der Waals surface area contributed by atoms with Crippen molar-refractivity contribution in [2.45, 2.75) is 0 Å². The number of benzene rings is 1. The van der Waals surface area contributed by atoms with E-state index >= 15 is 0 Å². The lowest BCUT2D eigenvalue weighted by atomic mass is 10.3. The Bertz CT molecular complexity index is 294. The third-order valence-corrected chi connectivity index (χ3v) is 1.88. The number of hydrogen-bond donors (Lipinski definition) is 0. The van der Waals surface area contributed by atoms with Crippen LogP contribution in [0.5, 0.6) is 0 Å². The van der Waals surface area contributed by atoms with Crippen LogP contribution in [0.15, 0.2) is 36.5 Å². The number of rotatable bonds is 1. The smallest absolute Gasteiger partial charge is 0.0952 e. The van der Waals surface area contributed by atoms with E-state index in [-0.39, 0.29) is 0 Å². The van der Waals surface area contributed by atoms with Gasteiger partial charge < -0.3 is 0 Å². The van der Waals surface area contributed by atoms with Gasteiger partial charge >= 0.3 is 0 Å². The molecule has 0 unspecified atom stereocenters. The molecular weight excluding hydrogens is 174 g/mol. The highest BCUT2D eigenvalue weighted by Gasteiger charge is 2.06. The van der Waals surface area contributed by atoms with Crippen molar-refractivity contribution < 1.29 is 4.84 Å². The van der Waals surface area contributed by atoms with Crippen LogP contribution in [0.1, 0.15) is 0 Å². The predicted octanol–water partition coefficient (Wildman–Crippen LogP) is 2.61. The van der Waals surface area contributed by atoms with Crippen LogP contribution in [0.4, 0.5) is 5.69 Å². The number of halogens is 1. The molecule has 0 N–H and O–H groups in total. The predicted molar refractivity (Wildman–Crippen MR) is 49.0 cm³/mol. The molecule has 0 atom stereocenters. The van der Waals surface area contributed by atoms with Gasteiger partial charge in [0, 0.05) is 11.2 Å². The van der Waals surface area contributed by atoms with Gasteiger partial charge in [-0.1, -0.05) is 11.6 Å². The van der Waals surface area contributed by atoms with Crippen molar-refractivity contribution in [3.63, 3.8) is 0 Å². The monoisotopic (exact) mass is 181 g/mol. The maximum absolute atomic E-state index is 5.74. The van der Waals surface area contributed by atoms with Crippen molar-refractivity contribution in [1.29, 1.82) is 0 Å². The van der Waals surface area contributed by atoms with E-state index < -0.39 is 0 Å². The molecule has 1 aliphatic rings. The molecule has 62 valence electrons. The summed E-state index contributed by atoms with van der Waals surface area (Å²) >= 11 is 5.74. The van der Waals surface area contributed by atoms with Crippen molar-refractivity contribution in [2.75, 3.05) is 11.7 Å². The van der Waals surface area contributed by atoms with E-state index in [1.165, 1.54) is 0 Å². The molecule has 1 aromatic carbocycles. The average molecular weight is 182 g/mol. The maximum Gasteiger partial charge on any atom is 0.0952 e. The van der Waals surface area contributed by atoms with Crippen LogP contribution < -0.4 is 5.06 Å². The summed E-state index contributed by atoms with van der Waals surface area (Å²) in [7, 11) is 0. The lowest BCUT2D eigenvalue weighted by Crippen LogP contribution is -2.10. The lowest BCUT2D eigenvalue weighted by molar-refractivity contribution is 0.180. The van der Waals surface area contributed by atoms with Gasteiger partial charge in [0.1, 0.15) is 0 Å². The Labute approximate surface area is 76.0 Å². The normalized spacial score (nSPS) is 15.6. The van der Waals surface area contributed by atoms with Gasteiger partial charge in [0.05, 0.1) is 12.3 Å². The van der Waals surface area contributed by atoms with Crippen LogP contribution in [0.2, 0.25) is 5.02 Å². The Hall–Kier alpha value is -0.990. The summed E-state index contributed by atoms with van der Waals surface area (Å²) in [6, 6.07) is 7.51. The standard InChI is InChI=1S/C9H8ClNO/c10-8-2-4-9(5-3-8)11-6-1-7-12-11/h1-6H,7H2. The molecule has 12 heavy (non-hydrogen) atoms. The fourth-order valence-corrected chi connectivity index (χ4v) is 1.18. The van der Waals surface area contributed by atoms with Crippen molar-refractivity contribution in [2.24, 2.45) is 0 Å². The molecule has 2 nitrogen and oxygen atoms in total. The van der Waals surface area contributed by atoms with Gasteiger partial charge in [-0.15, -0.1) is 0 Å². The first-order valence-corrected chi connectivity index (χ1v) is 4.08. The highest BCUT2D eigenvalue weighted by Crippen LogP contribution is 2.20. The second-order valence-corrected chi connectivity index (χ2v) is 2.92. The highest BCUT2D eigenvalue weighted by atomic mass is 35.5. The minimum absolute atomic E-state index is 0.641. The Morgan fingerprint density at radius 2 is 2.00 bits per heavy atom. The van der Waals surface area contributed by atoms with Gasteiger partial charge in [-0.2, -0.15) is 0 Å². The SMILES string of the molecule is Clc1ccc(N2C=CCO2)cc1. The third kappa shape index (κ3) is 1.44. The first kappa shape index (κ1) is 7.65. The molecule has 0 spiro atoms. The summed E-state index contributed by atoms with van der Waals surface area (Å²) in [5, 5.41) is 2.46. The topological polar surface area (TPSA) is 12.5 Å². The van der Waals surface area contributed by atoms with E-state index in [1.807, 2.05) is 36.5 Å². The molecule has 0 saturated heterocycles. The Kier molecular flexibility index (Phi) is 2.02. The van der Waals surface area contributed by atoms with E-state index in [1.54, 1.807) is 5.06 Å². The first-order chi connectivity index (χ1) is 5.86. The van der Waals surface area contributed by atoms with Gasteiger partial charge in [0.15, 0.2) is 0 Å². The second kappa shape index (κ2) is 3.17. The molecule has 0 radical (unpaired) electrons. The summed E-state index contributed by atoms with van der Waals surface area (Å²) in [6.07, 6.45) is 3.85. The zero-order valence-corrected chi connectivity index (χ0v) is 7.16. The Morgan fingerprint density at radius 1 is 1.25 bits per heavy atom. The fourth-order valence-electron chi connectivity index (χ4n) is 1.05. The van der Waals surface area contributed by atoms with E-state index in [0.29, 0.717) is 6.61 Å². The second-order valence-electron chi connectivity index (χ2n) is 2.48. The molecule has 0 fully saturated rings. The van der Waals surface area contributed by atoms with Crippen molar-refractivity contribution in [3.8, 4) is 0 Å². The summed E-state index contributed by atoms with van der Waals surface area (Å²) in [5.41, 5.74) is 0.994. The lowest BCUT2D eigenvalue weighted by Gasteiger charge is -2.13. The van der Waals surface area contributed by atoms with Crippen molar-refractivity contribution in [3.05, 3.63) is 41.6 Å². The minimum atomic E-state index is 0.641. The Balaban J connectivity index is 2.23. The Morgan fingerprint density at radius 3 is 2.58 bits per heavy atom. The van der Waals surface area contributed by atoms with Crippen LogP contribution in [-0.4, -0.2) is 6.61 Å². The average Bonchev–Trinajstić information content (AvgIpc) is 2.58. The van der Waals surface area contributed by atoms with Crippen LogP contribution in [0, 0.1) is 0 Å². The van der Waals surface area contributed by atoms with E-state index in [9.17, 15) is 0 Å². The van der Waals surface area contributed by atoms with E-state index in [0.717, 1.165) is 10.7 Å². The number of anilines is 1. The molecule has 1 aliphatic heterocycles. The number of hydrogen-bond acceptors (Lipinski definition) is 2. The van der Waals surface area contributed by atoms with Gasteiger partial charge in [0.25, 0.3) is 0 Å². The zero-order chi connectivity index (χ0) is 8.39. The summed E-state index contributed by atoms with van der Waals surface area (Å²) in [6.45, 7) is 0.641. The zero-order valence-electron chi connectivity index (χ0n) is 6.40. The van der Waals surface area contributed by atoms with E-state index in [2.05, 4.69) is 0 Å². The van der Waals surface area contributed by atoms with Gasteiger partial charge in [-0.3, -0.25) is 4.84 Å². The summed E-state index contributed by atoms with van der Waals surface area (Å²) in [4.78, 5) is 5.26. The van der Waals surface area contributed by atoms with Gasteiger partial charge in [-0.05, 0) is 30.3 Å².